The molecule has 0 fully saturated rings. The maximum atomic E-state index is 13.3. The molecule has 0 aromatic carbocycles. The number of nitrogens with one attached hydrogen (secondary N) is 1. The van der Waals surface area contributed by atoms with Crippen LogP contribution in [-0.2, 0) is 14.3 Å². The van der Waals surface area contributed by atoms with Crippen molar-refractivity contribution >= 4 is 11.9 Å². The van der Waals surface area contributed by atoms with Crippen LogP contribution in [0.2, 0.25) is 0 Å². The quantitative estimate of drug-likeness (QED) is 0.0244. The van der Waals surface area contributed by atoms with E-state index in [4.69, 9.17) is 4.74 Å². The summed E-state index contributed by atoms with van der Waals surface area (Å²) < 4.78 is 5.95. The minimum Gasteiger partial charge on any atom is -0.462 e. The van der Waals surface area contributed by atoms with E-state index in [0.717, 1.165) is 77.0 Å². The van der Waals surface area contributed by atoms with Crippen molar-refractivity contribution in [1.29, 1.82) is 0 Å². The van der Waals surface area contributed by atoms with Crippen molar-refractivity contribution in [2.24, 2.45) is 0 Å². The molecule has 6 nitrogen and oxygen atoms in total. The lowest BCUT2D eigenvalue weighted by atomic mass is 10.0. The number of rotatable bonds is 52. The second-order valence-electron chi connectivity index (χ2n) is 19.8. The Morgan fingerprint density at radius 3 is 1.33 bits per heavy atom. The molecule has 3 N–H and O–H groups in total. The van der Waals surface area contributed by atoms with Crippen LogP contribution in [0, 0.1) is 0 Å². The second kappa shape index (κ2) is 56.0. The topological polar surface area (TPSA) is 95.9 Å². The van der Waals surface area contributed by atoms with Gasteiger partial charge in [0.15, 0.2) is 0 Å². The number of unbranched alkanes of at least 4 members (excludes halogenated alkanes) is 30. The van der Waals surface area contributed by atoms with Gasteiger partial charge in [-0.25, -0.2) is 0 Å². The zero-order valence-electron chi connectivity index (χ0n) is 45.4. The first-order chi connectivity index (χ1) is 34.0. The molecule has 0 saturated heterocycles. The van der Waals surface area contributed by atoms with E-state index in [-0.39, 0.29) is 24.9 Å². The van der Waals surface area contributed by atoms with Gasteiger partial charge < -0.3 is 20.3 Å². The lowest BCUT2D eigenvalue weighted by Gasteiger charge is -2.24. The molecule has 0 aliphatic rings. The van der Waals surface area contributed by atoms with Crippen LogP contribution >= 0.6 is 0 Å². The predicted octanol–water partition coefficient (Wildman–Crippen LogP) is 18.3. The highest BCUT2D eigenvalue weighted by atomic mass is 16.5. The van der Waals surface area contributed by atoms with Gasteiger partial charge in [0, 0.05) is 6.42 Å². The predicted molar refractivity (Wildman–Crippen MR) is 301 cm³/mol. The Balaban J connectivity index is 4.64. The van der Waals surface area contributed by atoms with E-state index >= 15 is 0 Å². The largest absolute Gasteiger partial charge is 0.462 e. The van der Waals surface area contributed by atoms with Gasteiger partial charge in [-0.1, -0.05) is 273 Å². The maximum Gasteiger partial charge on any atom is 0.306 e. The Bertz CT molecular complexity index is 1310. The number of hydrogen-bond acceptors (Lipinski definition) is 5. The van der Waals surface area contributed by atoms with Crippen LogP contribution in [0.1, 0.15) is 278 Å². The molecule has 0 aliphatic carbocycles. The molecule has 0 aromatic rings. The first-order valence-corrected chi connectivity index (χ1v) is 29.4. The van der Waals surface area contributed by atoms with Crippen LogP contribution in [0.3, 0.4) is 0 Å². The van der Waals surface area contributed by atoms with Crippen molar-refractivity contribution in [3.63, 3.8) is 0 Å². The summed E-state index contributed by atoms with van der Waals surface area (Å²) in [4.78, 5) is 26.3. The fourth-order valence-electron chi connectivity index (χ4n) is 8.61. The number of allylic oxidation sites excluding steroid dienone is 14. The van der Waals surface area contributed by atoms with Gasteiger partial charge in [0.25, 0.3) is 0 Å². The summed E-state index contributed by atoms with van der Waals surface area (Å²) in [5.41, 5.74) is 0. The molecule has 0 bridgehead atoms. The van der Waals surface area contributed by atoms with E-state index in [9.17, 15) is 19.8 Å². The Labute approximate surface area is 427 Å². The summed E-state index contributed by atoms with van der Waals surface area (Å²) in [7, 11) is 0. The van der Waals surface area contributed by atoms with E-state index in [1.165, 1.54) is 154 Å². The van der Waals surface area contributed by atoms with Gasteiger partial charge >= 0.3 is 5.97 Å². The number of ether oxygens (including phenoxy) is 1. The number of amides is 1. The molecule has 0 spiro atoms. The summed E-state index contributed by atoms with van der Waals surface area (Å²) in [6, 6.07) is -0.722. The molecular formula is C63H111NO5. The summed E-state index contributed by atoms with van der Waals surface area (Å²) in [5.74, 6) is -0.518. The Morgan fingerprint density at radius 1 is 0.435 bits per heavy atom. The third-order valence-electron chi connectivity index (χ3n) is 13.1. The Morgan fingerprint density at radius 2 is 0.826 bits per heavy atom. The fourth-order valence-corrected chi connectivity index (χ4v) is 8.61. The zero-order valence-corrected chi connectivity index (χ0v) is 45.4. The van der Waals surface area contributed by atoms with Crippen LogP contribution in [0.25, 0.3) is 0 Å². The minimum absolute atomic E-state index is 0.0448. The Hall–Kier alpha value is -2.96. The van der Waals surface area contributed by atoms with E-state index in [0.29, 0.717) is 19.3 Å². The highest BCUT2D eigenvalue weighted by Gasteiger charge is 2.24. The van der Waals surface area contributed by atoms with Crippen molar-refractivity contribution in [3.8, 4) is 0 Å². The molecule has 398 valence electrons. The van der Waals surface area contributed by atoms with Gasteiger partial charge in [-0.15, -0.1) is 0 Å². The number of aliphatic hydroxyl groups excluding tert-OH is 2. The first kappa shape index (κ1) is 66.0. The fraction of sp³-hybridized carbons (Fsp3) is 0.746. The highest BCUT2D eigenvalue weighted by molar-refractivity contribution is 5.77. The molecule has 3 unspecified atom stereocenters. The molecule has 6 heteroatoms. The van der Waals surface area contributed by atoms with Gasteiger partial charge in [0.1, 0.15) is 6.10 Å². The summed E-state index contributed by atoms with van der Waals surface area (Å²) >= 11 is 0. The SMILES string of the molecule is CCC/C=C/C=C/C=C/C=C/C=C/CCCCCC(CC(=O)NC(CO)C(O)CCCCCCCCCCCCCCCCC)OC(=O)CCCCCCCCCCC/C=C\C/C=C\CCCCC. The van der Waals surface area contributed by atoms with E-state index in [1.807, 2.05) is 36.5 Å². The molecule has 3 atom stereocenters. The van der Waals surface area contributed by atoms with Crippen molar-refractivity contribution in [2.75, 3.05) is 6.61 Å². The number of carbonyl (C=O) groups is 2. The normalized spacial score (nSPS) is 13.8. The van der Waals surface area contributed by atoms with Crippen LogP contribution in [0.4, 0.5) is 0 Å². The van der Waals surface area contributed by atoms with Crippen LogP contribution in [0.5, 0.6) is 0 Å². The summed E-state index contributed by atoms with van der Waals surface area (Å²) in [6.07, 6.45) is 73.5. The van der Waals surface area contributed by atoms with E-state index in [1.54, 1.807) is 0 Å². The molecular weight excluding hydrogens is 851 g/mol. The van der Waals surface area contributed by atoms with Crippen LogP contribution in [0.15, 0.2) is 85.1 Å². The third-order valence-corrected chi connectivity index (χ3v) is 13.1. The lowest BCUT2D eigenvalue weighted by molar-refractivity contribution is -0.151. The minimum atomic E-state index is -0.805. The number of esters is 1. The van der Waals surface area contributed by atoms with Gasteiger partial charge in [0.05, 0.1) is 25.2 Å². The average molecular weight is 963 g/mol. The number of carbonyl (C=O) groups excluding carboxylic acids is 2. The monoisotopic (exact) mass is 962 g/mol. The second-order valence-corrected chi connectivity index (χ2v) is 19.8. The molecule has 0 aromatic heterocycles. The summed E-state index contributed by atoms with van der Waals surface area (Å²) in [6.45, 7) is 6.38. The molecule has 69 heavy (non-hydrogen) atoms. The maximum absolute atomic E-state index is 13.3. The molecule has 0 aliphatic heterocycles. The first-order valence-electron chi connectivity index (χ1n) is 29.4. The standard InChI is InChI=1S/C63H111NO5/c1-4-7-10-13-16-19-22-25-28-30-31-32-35-38-41-44-47-50-53-56-63(68)69-59(54-51-48-45-42-39-36-34-29-26-23-20-17-14-11-8-5-2)57-62(67)64-60(58-65)61(66)55-52-49-46-43-40-37-33-27-24-21-18-15-12-9-6-3/h11,14,16-17,19-20,23,25-26,28-29,34,36,39,59-61,65-66H,4-10,12-13,15,18,21-22,24,27,30-33,35,37-38,40-58H2,1-3H3,(H,64,67)/b14-11+,19-16-,20-17+,26-23+,28-25-,34-29+,39-36+. The van der Waals surface area contributed by atoms with Gasteiger partial charge in [-0.3, -0.25) is 9.59 Å². The lowest BCUT2D eigenvalue weighted by Crippen LogP contribution is -2.46. The molecule has 0 rings (SSSR count). The van der Waals surface area contributed by atoms with E-state index < -0.39 is 18.2 Å². The zero-order chi connectivity index (χ0) is 50.2. The highest BCUT2D eigenvalue weighted by Crippen LogP contribution is 2.18. The van der Waals surface area contributed by atoms with Gasteiger partial charge in [-0.05, 0) is 77.0 Å². The van der Waals surface area contributed by atoms with Gasteiger partial charge in [0.2, 0.25) is 5.91 Å². The number of aliphatic hydroxyl groups is 2. The van der Waals surface area contributed by atoms with Crippen LogP contribution in [-0.4, -0.2) is 46.9 Å². The molecule has 0 heterocycles. The smallest absolute Gasteiger partial charge is 0.306 e. The molecule has 1 amide bonds. The third kappa shape index (κ3) is 51.2. The van der Waals surface area contributed by atoms with Crippen molar-refractivity contribution in [2.45, 2.75) is 296 Å². The van der Waals surface area contributed by atoms with Crippen molar-refractivity contribution < 1.29 is 24.5 Å². The van der Waals surface area contributed by atoms with Crippen molar-refractivity contribution in [1.82, 2.24) is 5.32 Å². The van der Waals surface area contributed by atoms with Crippen molar-refractivity contribution in [3.05, 3.63) is 85.1 Å². The van der Waals surface area contributed by atoms with Gasteiger partial charge in [-0.2, -0.15) is 0 Å². The summed E-state index contributed by atoms with van der Waals surface area (Å²) in [5, 5.41) is 23.9. The molecule has 0 saturated carbocycles. The Kier molecular flexibility index (Phi) is 53.6. The number of hydrogen-bond donors (Lipinski definition) is 3. The average Bonchev–Trinajstić information content (AvgIpc) is 3.34. The molecule has 0 radical (unpaired) electrons. The van der Waals surface area contributed by atoms with E-state index in [2.05, 4.69) is 74.7 Å². The van der Waals surface area contributed by atoms with Crippen LogP contribution < -0.4 is 5.32 Å².